The minimum Gasteiger partial charge on any atom is -0.395 e. The highest BCUT2D eigenvalue weighted by molar-refractivity contribution is 4.84. The number of hydrogen-bond donors (Lipinski definition) is 1. The van der Waals surface area contributed by atoms with E-state index in [2.05, 4.69) is 9.80 Å². The van der Waals surface area contributed by atoms with E-state index in [0.29, 0.717) is 6.61 Å². The van der Waals surface area contributed by atoms with Gasteiger partial charge in [-0.1, -0.05) is 0 Å². The number of ether oxygens (including phenoxy) is 1. The third-order valence-corrected chi connectivity index (χ3v) is 3.26. The molecule has 2 aliphatic rings. The summed E-state index contributed by atoms with van der Waals surface area (Å²) in [5, 5.41) is 8.98. The topological polar surface area (TPSA) is 35.9 Å². The lowest BCUT2D eigenvalue weighted by atomic mass is 10.3. The van der Waals surface area contributed by atoms with Crippen LogP contribution in [0.3, 0.4) is 0 Å². The van der Waals surface area contributed by atoms with Crippen LogP contribution in [0.4, 0.5) is 0 Å². The van der Waals surface area contributed by atoms with Gasteiger partial charge in [0.1, 0.15) is 0 Å². The van der Waals surface area contributed by atoms with E-state index in [1.54, 1.807) is 0 Å². The van der Waals surface area contributed by atoms with Crippen LogP contribution in [0.1, 0.15) is 12.8 Å². The number of hydrogen-bond acceptors (Lipinski definition) is 4. The van der Waals surface area contributed by atoms with Gasteiger partial charge in [-0.2, -0.15) is 0 Å². The van der Waals surface area contributed by atoms with E-state index in [4.69, 9.17) is 9.84 Å². The molecule has 2 fully saturated rings. The number of nitrogens with zero attached hydrogens (tertiary/aromatic N) is 2. The Balaban J connectivity index is 1.65. The smallest absolute Gasteiger partial charge is 0.0594 e. The lowest BCUT2D eigenvalue weighted by molar-refractivity contribution is 0.0320. The van der Waals surface area contributed by atoms with Gasteiger partial charge < -0.3 is 9.84 Å². The number of aliphatic hydroxyl groups is 1. The summed E-state index contributed by atoms with van der Waals surface area (Å²) in [5.41, 5.74) is 0. The Morgan fingerprint density at radius 3 is 2.53 bits per heavy atom. The second kappa shape index (κ2) is 5.80. The highest BCUT2D eigenvalue weighted by Crippen LogP contribution is 2.26. The molecule has 88 valence electrons. The highest BCUT2D eigenvalue weighted by Gasteiger charge is 2.28. The summed E-state index contributed by atoms with van der Waals surface area (Å²) in [7, 11) is 0. The zero-order chi connectivity index (χ0) is 10.5. The van der Waals surface area contributed by atoms with Crippen LogP contribution in [-0.4, -0.2) is 73.5 Å². The third-order valence-electron chi connectivity index (χ3n) is 3.26. The minimum atomic E-state index is 0.291. The molecule has 1 saturated carbocycles. The summed E-state index contributed by atoms with van der Waals surface area (Å²) in [4.78, 5) is 4.88. The molecule has 0 aromatic rings. The minimum absolute atomic E-state index is 0.291. The largest absolute Gasteiger partial charge is 0.395 e. The van der Waals surface area contributed by atoms with Gasteiger partial charge in [-0.3, -0.25) is 9.80 Å². The van der Waals surface area contributed by atoms with Crippen LogP contribution in [0.15, 0.2) is 0 Å². The summed E-state index contributed by atoms with van der Waals surface area (Å²) >= 11 is 0. The van der Waals surface area contributed by atoms with Crippen molar-refractivity contribution in [3.8, 4) is 0 Å². The van der Waals surface area contributed by atoms with Crippen LogP contribution in [-0.2, 0) is 4.74 Å². The summed E-state index contributed by atoms with van der Waals surface area (Å²) < 4.78 is 5.32. The van der Waals surface area contributed by atoms with Crippen molar-refractivity contribution in [2.45, 2.75) is 18.9 Å². The molecule has 1 aliphatic carbocycles. The normalized spacial score (nSPS) is 23.6. The Morgan fingerprint density at radius 1 is 1.20 bits per heavy atom. The molecule has 0 unspecified atom stereocenters. The Hall–Kier alpha value is -0.160. The standard InChI is InChI=1S/C11H22N2O2/c14-8-5-13(11-1-2-11)4-3-12-6-9-15-10-7-12/h11,14H,1-10H2. The van der Waals surface area contributed by atoms with Gasteiger partial charge in [-0.05, 0) is 12.8 Å². The molecule has 15 heavy (non-hydrogen) atoms. The van der Waals surface area contributed by atoms with E-state index < -0.39 is 0 Å². The van der Waals surface area contributed by atoms with Gasteiger partial charge in [0.15, 0.2) is 0 Å². The Kier molecular flexibility index (Phi) is 4.38. The van der Waals surface area contributed by atoms with Crippen molar-refractivity contribution in [3.63, 3.8) is 0 Å². The third kappa shape index (κ3) is 3.72. The average Bonchev–Trinajstić information content (AvgIpc) is 3.09. The van der Waals surface area contributed by atoms with Gasteiger partial charge in [0.2, 0.25) is 0 Å². The molecule has 0 bridgehead atoms. The highest BCUT2D eigenvalue weighted by atomic mass is 16.5. The van der Waals surface area contributed by atoms with Crippen LogP contribution < -0.4 is 0 Å². The molecule has 0 amide bonds. The van der Waals surface area contributed by atoms with E-state index in [1.807, 2.05) is 0 Å². The molecule has 1 aliphatic heterocycles. The molecule has 0 aromatic heterocycles. The maximum atomic E-state index is 8.98. The SMILES string of the molecule is OCCN(CCN1CCOCC1)C1CC1. The van der Waals surface area contributed by atoms with Gasteiger partial charge in [0.05, 0.1) is 19.8 Å². The van der Waals surface area contributed by atoms with Crippen LogP contribution in [0, 0.1) is 0 Å². The quantitative estimate of drug-likeness (QED) is 0.663. The van der Waals surface area contributed by atoms with E-state index >= 15 is 0 Å². The summed E-state index contributed by atoms with van der Waals surface area (Å²) in [6.45, 7) is 7.25. The van der Waals surface area contributed by atoms with Gasteiger partial charge in [0.25, 0.3) is 0 Å². The van der Waals surface area contributed by atoms with Crippen LogP contribution in [0.2, 0.25) is 0 Å². The van der Waals surface area contributed by atoms with Crippen molar-refractivity contribution >= 4 is 0 Å². The maximum Gasteiger partial charge on any atom is 0.0594 e. The monoisotopic (exact) mass is 214 g/mol. The number of morpholine rings is 1. The van der Waals surface area contributed by atoms with E-state index in [0.717, 1.165) is 52.0 Å². The van der Waals surface area contributed by atoms with E-state index in [-0.39, 0.29) is 0 Å². The van der Waals surface area contributed by atoms with Gasteiger partial charge in [-0.25, -0.2) is 0 Å². The molecule has 1 heterocycles. The zero-order valence-corrected chi connectivity index (χ0v) is 9.40. The fourth-order valence-electron chi connectivity index (χ4n) is 2.14. The zero-order valence-electron chi connectivity index (χ0n) is 9.40. The lowest BCUT2D eigenvalue weighted by Crippen LogP contribution is -2.42. The first-order valence-corrected chi connectivity index (χ1v) is 6.05. The van der Waals surface area contributed by atoms with Crippen molar-refractivity contribution < 1.29 is 9.84 Å². The maximum absolute atomic E-state index is 8.98. The fraction of sp³-hybridized carbons (Fsp3) is 1.00. The molecule has 0 spiro atoms. The van der Waals surface area contributed by atoms with Gasteiger partial charge >= 0.3 is 0 Å². The first-order chi connectivity index (χ1) is 7.40. The van der Waals surface area contributed by atoms with Gasteiger partial charge in [0, 0.05) is 38.8 Å². The summed E-state index contributed by atoms with van der Waals surface area (Å²) in [6, 6.07) is 0.762. The average molecular weight is 214 g/mol. The van der Waals surface area contributed by atoms with Crippen molar-refractivity contribution in [3.05, 3.63) is 0 Å². The number of aliphatic hydroxyl groups excluding tert-OH is 1. The summed E-state index contributed by atoms with van der Waals surface area (Å²) in [5.74, 6) is 0. The molecule has 1 N–H and O–H groups in total. The van der Waals surface area contributed by atoms with Gasteiger partial charge in [-0.15, -0.1) is 0 Å². The van der Waals surface area contributed by atoms with Crippen LogP contribution >= 0.6 is 0 Å². The van der Waals surface area contributed by atoms with Crippen LogP contribution in [0.25, 0.3) is 0 Å². The predicted octanol–water partition coefficient (Wildman–Crippen LogP) is -0.225. The second-order valence-corrected chi connectivity index (χ2v) is 4.44. The first-order valence-electron chi connectivity index (χ1n) is 6.05. The molecule has 4 heteroatoms. The molecule has 0 radical (unpaired) electrons. The molecular formula is C11H22N2O2. The molecule has 0 aromatic carbocycles. The Morgan fingerprint density at radius 2 is 1.93 bits per heavy atom. The lowest BCUT2D eigenvalue weighted by Gasteiger charge is -2.29. The second-order valence-electron chi connectivity index (χ2n) is 4.44. The van der Waals surface area contributed by atoms with Crippen molar-refractivity contribution in [1.82, 2.24) is 9.80 Å². The Bertz CT molecular complexity index is 179. The molecule has 2 rings (SSSR count). The first kappa shape index (κ1) is 11.3. The van der Waals surface area contributed by atoms with Crippen molar-refractivity contribution in [2.24, 2.45) is 0 Å². The number of rotatable bonds is 6. The molecule has 0 atom stereocenters. The molecule has 1 saturated heterocycles. The predicted molar refractivity (Wildman–Crippen MR) is 58.9 cm³/mol. The van der Waals surface area contributed by atoms with E-state index in [1.165, 1.54) is 12.8 Å². The van der Waals surface area contributed by atoms with E-state index in [9.17, 15) is 0 Å². The molecular weight excluding hydrogens is 192 g/mol. The fourth-order valence-corrected chi connectivity index (χ4v) is 2.14. The van der Waals surface area contributed by atoms with Crippen LogP contribution in [0.5, 0.6) is 0 Å². The van der Waals surface area contributed by atoms with Crippen molar-refractivity contribution in [1.29, 1.82) is 0 Å². The Labute approximate surface area is 91.8 Å². The summed E-state index contributed by atoms with van der Waals surface area (Å²) in [6.07, 6.45) is 2.65. The molecule has 4 nitrogen and oxygen atoms in total. The van der Waals surface area contributed by atoms with Crippen molar-refractivity contribution in [2.75, 3.05) is 52.5 Å².